The van der Waals surface area contributed by atoms with E-state index in [9.17, 15) is 4.39 Å². The number of anilines is 1. The summed E-state index contributed by atoms with van der Waals surface area (Å²) in [5.41, 5.74) is 1.12. The van der Waals surface area contributed by atoms with E-state index in [1.54, 1.807) is 0 Å². The van der Waals surface area contributed by atoms with Crippen LogP contribution in [0, 0.1) is 5.82 Å². The SMILES string of the molecule is CC1(C)CN(c2ccc(F)cc2)CCN1S. The summed E-state index contributed by atoms with van der Waals surface area (Å²) in [6, 6.07) is 6.68. The van der Waals surface area contributed by atoms with Crippen LogP contribution in [0.15, 0.2) is 24.3 Å². The van der Waals surface area contributed by atoms with E-state index in [2.05, 4.69) is 35.9 Å². The van der Waals surface area contributed by atoms with Gasteiger partial charge in [-0.05, 0) is 38.1 Å². The van der Waals surface area contributed by atoms with E-state index in [4.69, 9.17) is 0 Å². The molecule has 0 atom stereocenters. The van der Waals surface area contributed by atoms with Gasteiger partial charge in [-0.25, -0.2) is 8.70 Å². The van der Waals surface area contributed by atoms with Gasteiger partial charge in [-0.2, -0.15) is 0 Å². The van der Waals surface area contributed by atoms with E-state index in [1.807, 2.05) is 12.1 Å². The Kier molecular flexibility index (Phi) is 3.13. The molecule has 1 fully saturated rings. The number of rotatable bonds is 1. The van der Waals surface area contributed by atoms with Gasteiger partial charge in [0.1, 0.15) is 5.82 Å². The number of hydrogen-bond acceptors (Lipinski definition) is 3. The summed E-state index contributed by atoms with van der Waals surface area (Å²) in [7, 11) is 0. The zero-order valence-electron chi connectivity index (χ0n) is 9.65. The number of thiol groups is 1. The molecule has 2 nitrogen and oxygen atoms in total. The second-order valence-corrected chi connectivity index (χ2v) is 5.32. The molecular formula is C12H17FN2S. The van der Waals surface area contributed by atoms with E-state index in [0.717, 1.165) is 25.3 Å². The van der Waals surface area contributed by atoms with Crippen molar-refractivity contribution in [3.63, 3.8) is 0 Å². The van der Waals surface area contributed by atoms with E-state index in [0.29, 0.717) is 0 Å². The second-order valence-electron chi connectivity index (χ2n) is 4.83. The van der Waals surface area contributed by atoms with Crippen LogP contribution < -0.4 is 4.90 Å². The summed E-state index contributed by atoms with van der Waals surface area (Å²) in [5, 5.41) is 0. The van der Waals surface area contributed by atoms with Crippen molar-refractivity contribution >= 4 is 18.5 Å². The number of nitrogens with zero attached hydrogens (tertiary/aromatic N) is 2. The Morgan fingerprint density at radius 1 is 1.19 bits per heavy atom. The van der Waals surface area contributed by atoms with E-state index in [1.165, 1.54) is 12.1 Å². The average Bonchev–Trinajstić information content (AvgIpc) is 2.23. The third-order valence-electron chi connectivity index (χ3n) is 3.05. The molecule has 0 N–H and O–H groups in total. The summed E-state index contributed by atoms with van der Waals surface area (Å²) >= 11 is 4.46. The Balaban J connectivity index is 2.14. The summed E-state index contributed by atoms with van der Waals surface area (Å²) in [4.78, 5) is 2.27. The monoisotopic (exact) mass is 240 g/mol. The van der Waals surface area contributed by atoms with Gasteiger partial charge < -0.3 is 4.90 Å². The van der Waals surface area contributed by atoms with Crippen LogP contribution in [-0.2, 0) is 0 Å². The van der Waals surface area contributed by atoms with Gasteiger partial charge in [0.25, 0.3) is 0 Å². The average molecular weight is 240 g/mol. The minimum Gasteiger partial charge on any atom is -0.368 e. The molecule has 1 heterocycles. The van der Waals surface area contributed by atoms with Gasteiger partial charge in [-0.15, -0.1) is 0 Å². The van der Waals surface area contributed by atoms with Crippen molar-refractivity contribution in [3.8, 4) is 0 Å². The highest BCUT2D eigenvalue weighted by atomic mass is 32.1. The maximum atomic E-state index is 12.8. The van der Waals surface area contributed by atoms with Crippen LogP contribution in [0.5, 0.6) is 0 Å². The number of halogens is 1. The Morgan fingerprint density at radius 3 is 2.38 bits per heavy atom. The predicted octanol–water partition coefficient (Wildman–Crippen LogP) is 2.57. The molecule has 88 valence electrons. The van der Waals surface area contributed by atoms with Crippen molar-refractivity contribution in [3.05, 3.63) is 30.1 Å². The highest BCUT2D eigenvalue weighted by Crippen LogP contribution is 2.26. The first-order chi connectivity index (χ1) is 7.49. The van der Waals surface area contributed by atoms with E-state index < -0.39 is 0 Å². The molecule has 0 aromatic heterocycles. The van der Waals surface area contributed by atoms with Gasteiger partial charge in [-0.1, -0.05) is 12.8 Å². The summed E-state index contributed by atoms with van der Waals surface area (Å²) in [6.07, 6.45) is 0. The van der Waals surface area contributed by atoms with Crippen molar-refractivity contribution in [2.24, 2.45) is 0 Å². The smallest absolute Gasteiger partial charge is 0.123 e. The molecule has 0 unspecified atom stereocenters. The molecule has 0 saturated carbocycles. The normalized spacial score (nSPS) is 21.1. The van der Waals surface area contributed by atoms with Crippen LogP contribution in [0.1, 0.15) is 13.8 Å². The minimum absolute atomic E-state index is 0.0374. The highest BCUT2D eigenvalue weighted by molar-refractivity contribution is 7.77. The van der Waals surface area contributed by atoms with Crippen LogP contribution >= 0.6 is 12.8 Å². The van der Waals surface area contributed by atoms with Crippen molar-refractivity contribution in [2.75, 3.05) is 24.5 Å². The quantitative estimate of drug-likeness (QED) is 0.754. The lowest BCUT2D eigenvalue weighted by atomic mass is 10.0. The molecule has 1 saturated heterocycles. The van der Waals surface area contributed by atoms with Crippen molar-refractivity contribution in [1.82, 2.24) is 4.31 Å². The topological polar surface area (TPSA) is 6.48 Å². The molecular weight excluding hydrogens is 223 g/mol. The molecule has 1 aromatic carbocycles. The lowest BCUT2D eigenvalue weighted by Gasteiger charge is -2.45. The van der Waals surface area contributed by atoms with Gasteiger partial charge in [0, 0.05) is 30.9 Å². The molecule has 2 rings (SSSR count). The fourth-order valence-corrected chi connectivity index (χ4v) is 2.17. The molecule has 1 aromatic rings. The van der Waals surface area contributed by atoms with Crippen LogP contribution in [0.3, 0.4) is 0 Å². The largest absolute Gasteiger partial charge is 0.368 e. The maximum Gasteiger partial charge on any atom is 0.123 e. The molecule has 1 aliphatic heterocycles. The molecule has 1 aliphatic rings. The third kappa shape index (κ3) is 2.33. The van der Waals surface area contributed by atoms with Crippen molar-refractivity contribution in [1.29, 1.82) is 0 Å². The van der Waals surface area contributed by atoms with Gasteiger partial charge >= 0.3 is 0 Å². The summed E-state index contributed by atoms with van der Waals surface area (Å²) in [5.74, 6) is -0.184. The van der Waals surface area contributed by atoms with Gasteiger partial charge in [0.05, 0.1) is 0 Å². The van der Waals surface area contributed by atoms with E-state index in [-0.39, 0.29) is 11.4 Å². The Hall–Kier alpha value is -0.740. The first-order valence-electron chi connectivity index (χ1n) is 5.46. The zero-order valence-corrected chi connectivity index (χ0v) is 10.5. The molecule has 0 spiro atoms. The number of benzene rings is 1. The van der Waals surface area contributed by atoms with Crippen LogP contribution in [0.25, 0.3) is 0 Å². The number of hydrogen-bond donors (Lipinski definition) is 1. The van der Waals surface area contributed by atoms with Crippen LogP contribution in [-0.4, -0.2) is 29.5 Å². The molecule has 0 amide bonds. The fraction of sp³-hybridized carbons (Fsp3) is 0.500. The Morgan fingerprint density at radius 2 is 1.81 bits per heavy atom. The predicted molar refractivity (Wildman–Crippen MR) is 68.4 cm³/mol. The first-order valence-corrected chi connectivity index (χ1v) is 5.86. The lowest BCUT2D eigenvalue weighted by Crippen LogP contribution is -2.55. The lowest BCUT2D eigenvalue weighted by molar-refractivity contribution is 0.227. The van der Waals surface area contributed by atoms with Crippen LogP contribution in [0.2, 0.25) is 0 Å². The first kappa shape index (κ1) is 11.7. The van der Waals surface area contributed by atoms with Gasteiger partial charge in [0.15, 0.2) is 0 Å². The molecule has 0 aliphatic carbocycles. The summed E-state index contributed by atoms with van der Waals surface area (Å²) in [6.45, 7) is 7.07. The minimum atomic E-state index is -0.184. The standard InChI is InChI=1S/C12H17FN2S/c1-12(2)9-14(7-8-15(12)16)11-5-3-10(13)4-6-11/h3-6,16H,7-9H2,1-2H3. The Bertz CT molecular complexity index is 364. The molecule has 16 heavy (non-hydrogen) atoms. The van der Waals surface area contributed by atoms with Gasteiger partial charge in [-0.3, -0.25) is 0 Å². The molecule has 0 bridgehead atoms. The Labute approximate surface area is 102 Å². The van der Waals surface area contributed by atoms with Crippen molar-refractivity contribution in [2.45, 2.75) is 19.4 Å². The number of piperazine rings is 1. The second kappa shape index (κ2) is 4.26. The zero-order chi connectivity index (χ0) is 11.8. The maximum absolute atomic E-state index is 12.8. The fourth-order valence-electron chi connectivity index (χ4n) is 2.02. The highest BCUT2D eigenvalue weighted by Gasteiger charge is 2.31. The molecule has 0 radical (unpaired) electrons. The molecule has 4 heteroatoms. The third-order valence-corrected chi connectivity index (χ3v) is 3.79. The van der Waals surface area contributed by atoms with Crippen molar-refractivity contribution < 1.29 is 4.39 Å². The van der Waals surface area contributed by atoms with Crippen LogP contribution in [0.4, 0.5) is 10.1 Å². The van der Waals surface area contributed by atoms with E-state index >= 15 is 0 Å². The van der Waals surface area contributed by atoms with Gasteiger partial charge in [0.2, 0.25) is 0 Å². The summed E-state index contributed by atoms with van der Waals surface area (Å²) < 4.78 is 14.9.